The Hall–Kier alpha value is -2.16. The Bertz CT molecular complexity index is 927. The first-order chi connectivity index (χ1) is 10.8. The van der Waals surface area contributed by atoms with Crippen molar-refractivity contribution in [2.75, 3.05) is 0 Å². The van der Waals surface area contributed by atoms with E-state index in [1.54, 1.807) is 11.3 Å². The van der Waals surface area contributed by atoms with Crippen LogP contribution in [0.3, 0.4) is 0 Å². The van der Waals surface area contributed by atoms with Crippen molar-refractivity contribution in [2.24, 2.45) is 0 Å². The van der Waals surface area contributed by atoms with Crippen LogP contribution in [0.1, 0.15) is 0 Å². The standard InChI is InChI=1S/C19H12ClNS/c20-16-9-6-13(7-10-16)15-8-11-17-18(12-15)22-19(21-17)14-4-2-1-3-5-14/h1-12H. The summed E-state index contributed by atoms with van der Waals surface area (Å²) >= 11 is 7.68. The first-order valence-electron chi connectivity index (χ1n) is 7.01. The van der Waals surface area contributed by atoms with Crippen LogP contribution in [0.4, 0.5) is 0 Å². The summed E-state index contributed by atoms with van der Waals surface area (Å²) in [5.74, 6) is 0. The zero-order chi connectivity index (χ0) is 14.9. The molecule has 1 heterocycles. The van der Waals surface area contributed by atoms with Gasteiger partial charge in [-0.25, -0.2) is 4.98 Å². The molecule has 1 aromatic heterocycles. The second kappa shape index (κ2) is 5.56. The van der Waals surface area contributed by atoms with Gasteiger partial charge >= 0.3 is 0 Å². The van der Waals surface area contributed by atoms with E-state index in [1.165, 1.54) is 15.8 Å². The maximum atomic E-state index is 5.96. The zero-order valence-corrected chi connectivity index (χ0v) is 13.2. The van der Waals surface area contributed by atoms with E-state index in [0.29, 0.717) is 0 Å². The van der Waals surface area contributed by atoms with Gasteiger partial charge in [-0.15, -0.1) is 11.3 Å². The molecule has 106 valence electrons. The fourth-order valence-electron chi connectivity index (χ4n) is 2.45. The predicted octanol–water partition coefficient (Wildman–Crippen LogP) is 6.28. The summed E-state index contributed by atoms with van der Waals surface area (Å²) in [5, 5.41) is 1.82. The minimum absolute atomic E-state index is 0.758. The van der Waals surface area contributed by atoms with Crippen LogP contribution in [0.15, 0.2) is 72.8 Å². The molecule has 0 amide bonds. The van der Waals surface area contributed by atoms with E-state index in [-0.39, 0.29) is 0 Å². The van der Waals surface area contributed by atoms with Gasteiger partial charge in [0.15, 0.2) is 0 Å². The Kier molecular flexibility index (Phi) is 3.41. The summed E-state index contributed by atoms with van der Waals surface area (Å²) in [4.78, 5) is 4.73. The molecule has 0 bridgehead atoms. The maximum absolute atomic E-state index is 5.96. The van der Waals surface area contributed by atoms with Crippen molar-refractivity contribution >= 4 is 33.2 Å². The van der Waals surface area contributed by atoms with Crippen molar-refractivity contribution < 1.29 is 0 Å². The van der Waals surface area contributed by atoms with Crippen LogP contribution in [0.2, 0.25) is 5.02 Å². The number of halogens is 1. The van der Waals surface area contributed by atoms with E-state index in [0.717, 1.165) is 21.1 Å². The lowest BCUT2D eigenvalue weighted by Crippen LogP contribution is -1.77. The highest BCUT2D eigenvalue weighted by Gasteiger charge is 2.07. The second-order valence-electron chi connectivity index (χ2n) is 5.07. The van der Waals surface area contributed by atoms with Crippen molar-refractivity contribution in [3.8, 4) is 21.7 Å². The summed E-state index contributed by atoms with van der Waals surface area (Å²) < 4.78 is 1.20. The Balaban J connectivity index is 1.80. The Morgan fingerprint density at radius 2 is 1.45 bits per heavy atom. The minimum atomic E-state index is 0.758. The van der Waals surface area contributed by atoms with E-state index < -0.39 is 0 Å². The number of hydrogen-bond donors (Lipinski definition) is 0. The maximum Gasteiger partial charge on any atom is 0.124 e. The van der Waals surface area contributed by atoms with Gasteiger partial charge in [-0.3, -0.25) is 0 Å². The molecule has 0 atom stereocenters. The van der Waals surface area contributed by atoms with Gasteiger partial charge in [-0.1, -0.05) is 60.1 Å². The van der Waals surface area contributed by atoms with Crippen LogP contribution in [-0.2, 0) is 0 Å². The molecule has 0 fully saturated rings. The molecule has 0 saturated carbocycles. The molecule has 0 N–H and O–H groups in total. The highest BCUT2D eigenvalue weighted by molar-refractivity contribution is 7.21. The Morgan fingerprint density at radius 1 is 0.727 bits per heavy atom. The van der Waals surface area contributed by atoms with Crippen LogP contribution in [0, 0.1) is 0 Å². The average molecular weight is 322 g/mol. The summed E-state index contributed by atoms with van der Waals surface area (Å²) in [6, 6.07) is 24.6. The highest BCUT2D eigenvalue weighted by atomic mass is 35.5. The lowest BCUT2D eigenvalue weighted by Gasteiger charge is -2.01. The predicted molar refractivity (Wildman–Crippen MR) is 95.5 cm³/mol. The number of fused-ring (bicyclic) bond motifs is 1. The number of aromatic nitrogens is 1. The van der Waals surface area contributed by atoms with Crippen LogP contribution in [-0.4, -0.2) is 4.98 Å². The number of rotatable bonds is 2. The number of hydrogen-bond acceptors (Lipinski definition) is 2. The molecule has 4 rings (SSSR count). The summed E-state index contributed by atoms with van der Waals surface area (Å²) in [7, 11) is 0. The SMILES string of the molecule is Clc1ccc(-c2ccc3nc(-c4ccccc4)sc3c2)cc1. The fraction of sp³-hybridized carbons (Fsp3) is 0. The minimum Gasteiger partial charge on any atom is -0.236 e. The smallest absolute Gasteiger partial charge is 0.124 e. The molecular weight excluding hydrogens is 310 g/mol. The van der Waals surface area contributed by atoms with Gasteiger partial charge in [0, 0.05) is 10.6 Å². The van der Waals surface area contributed by atoms with Crippen molar-refractivity contribution in [1.29, 1.82) is 0 Å². The first kappa shape index (κ1) is 13.5. The Morgan fingerprint density at radius 3 is 2.23 bits per heavy atom. The molecule has 3 heteroatoms. The molecule has 0 spiro atoms. The summed E-state index contributed by atoms with van der Waals surface area (Å²) in [6.45, 7) is 0. The largest absolute Gasteiger partial charge is 0.236 e. The van der Waals surface area contributed by atoms with Gasteiger partial charge in [0.25, 0.3) is 0 Å². The normalized spacial score (nSPS) is 11.0. The van der Waals surface area contributed by atoms with Crippen molar-refractivity contribution in [3.05, 3.63) is 77.8 Å². The van der Waals surface area contributed by atoms with E-state index in [1.807, 2.05) is 42.5 Å². The van der Waals surface area contributed by atoms with Gasteiger partial charge in [-0.2, -0.15) is 0 Å². The molecule has 3 aromatic carbocycles. The van der Waals surface area contributed by atoms with E-state index in [9.17, 15) is 0 Å². The molecule has 0 aliphatic rings. The molecule has 0 aliphatic heterocycles. The van der Waals surface area contributed by atoms with E-state index in [2.05, 4.69) is 30.3 Å². The molecule has 0 radical (unpaired) electrons. The van der Waals surface area contributed by atoms with Crippen molar-refractivity contribution in [3.63, 3.8) is 0 Å². The highest BCUT2D eigenvalue weighted by Crippen LogP contribution is 2.33. The van der Waals surface area contributed by atoms with Gasteiger partial charge in [0.1, 0.15) is 5.01 Å². The van der Waals surface area contributed by atoms with Crippen LogP contribution >= 0.6 is 22.9 Å². The molecule has 0 unspecified atom stereocenters. The fourth-order valence-corrected chi connectivity index (χ4v) is 3.59. The lowest BCUT2D eigenvalue weighted by atomic mass is 10.1. The van der Waals surface area contributed by atoms with Crippen molar-refractivity contribution in [2.45, 2.75) is 0 Å². The third-order valence-electron chi connectivity index (χ3n) is 3.59. The Labute approximate surface area is 137 Å². The molecule has 4 aromatic rings. The molecule has 0 saturated heterocycles. The van der Waals surface area contributed by atoms with Crippen molar-refractivity contribution in [1.82, 2.24) is 4.98 Å². The zero-order valence-electron chi connectivity index (χ0n) is 11.7. The topological polar surface area (TPSA) is 12.9 Å². The van der Waals surface area contributed by atoms with Gasteiger partial charge in [0.05, 0.1) is 10.2 Å². The first-order valence-corrected chi connectivity index (χ1v) is 8.21. The van der Waals surface area contributed by atoms with E-state index >= 15 is 0 Å². The van der Waals surface area contributed by atoms with Crippen LogP contribution < -0.4 is 0 Å². The van der Waals surface area contributed by atoms with Gasteiger partial charge < -0.3 is 0 Å². The van der Waals surface area contributed by atoms with Crippen LogP contribution in [0.5, 0.6) is 0 Å². The monoisotopic (exact) mass is 321 g/mol. The molecule has 1 nitrogen and oxygen atoms in total. The molecule has 22 heavy (non-hydrogen) atoms. The molecule has 0 aliphatic carbocycles. The van der Waals surface area contributed by atoms with E-state index in [4.69, 9.17) is 16.6 Å². The van der Waals surface area contributed by atoms with Gasteiger partial charge in [0.2, 0.25) is 0 Å². The number of nitrogens with zero attached hydrogens (tertiary/aromatic N) is 1. The number of thiazole rings is 1. The average Bonchev–Trinajstić information content (AvgIpc) is 2.99. The lowest BCUT2D eigenvalue weighted by molar-refractivity contribution is 1.48. The number of benzene rings is 3. The quantitative estimate of drug-likeness (QED) is 0.423. The van der Waals surface area contributed by atoms with Crippen LogP contribution in [0.25, 0.3) is 31.9 Å². The second-order valence-corrected chi connectivity index (χ2v) is 6.54. The van der Waals surface area contributed by atoms with Gasteiger partial charge in [-0.05, 0) is 35.4 Å². The molecular formula is C19H12ClNS. The third kappa shape index (κ3) is 2.52. The summed E-state index contributed by atoms with van der Waals surface area (Å²) in [5.41, 5.74) is 4.56. The third-order valence-corrected chi connectivity index (χ3v) is 4.91. The summed E-state index contributed by atoms with van der Waals surface area (Å²) in [6.07, 6.45) is 0.